The molecular formula is C24H32. The third-order valence-corrected chi connectivity index (χ3v) is 4.92. The lowest BCUT2D eigenvalue weighted by Crippen LogP contribution is -1.94. The van der Waals surface area contributed by atoms with Gasteiger partial charge < -0.3 is 0 Å². The molecule has 0 aliphatic heterocycles. The summed E-state index contributed by atoms with van der Waals surface area (Å²) in [6, 6.07) is 18.3. The first kappa shape index (κ1) is 18.5. The van der Waals surface area contributed by atoms with E-state index in [0.29, 0.717) is 11.8 Å². The second kappa shape index (κ2) is 8.33. The maximum Gasteiger partial charge on any atom is -0.0219 e. The van der Waals surface area contributed by atoms with Gasteiger partial charge in [-0.2, -0.15) is 0 Å². The number of allylic oxidation sites excluding steroid dienone is 2. The lowest BCUT2D eigenvalue weighted by atomic mass is 9.89. The van der Waals surface area contributed by atoms with Gasteiger partial charge in [-0.1, -0.05) is 90.1 Å². The predicted octanol–water partition coefficient (Wildman–Crippen LogP) is 7.66. The summed E-state index contributed by atoms with van der Waals surface area (Å²) in [5, 5.41) is 0. The molecule has 2 aromatic carbocycles. The van der Waals surface area contributed by atoms with E-state index in [0.717, 1.165) is 12.8 Å². The van der Waals surface area contributed by atoms with E-state index < -0.39 is 0 Å². The molecule has 0 amide bonds. The largest absolute Gasteiger partial charge is 0.0613 e. The van der Waals surface area contributed by atoms with Crippen LogP contribution in [0.3, 0.4) is 0 Å². The van der Waals surface area contributed by atoms with Crippen molar-refractivity contribution in [1.29, 1.82) is 0 Å². The van der Waals surface area contributed by atoms with Crippen LogP contribution in [0, 0.1) is 0 Å². The highest BCUT2D eigenvalue weighted by Crippen LogP contribution is 2.32. The second-order valence-electron chi connectivity index (χ2n) is 7.22. The van der Waals surface area contributed by atoms with Gasteiger partial charge in [0, 0.05) is 0 Å². The zero-order valence-electron chi connectivity index (χ0n) is 16.2. The molecule has 0 aromatic heterocycles. The zero-order valence-corrected chi connectivity index (χ0v) is 16.2. The van der Waals surface area contributed by atoms with E-state index in [1.54, 1.807) is 0 Å². The fourth-order valence-electron chi connectivity index (χ4n) is 3.32. The van der Waals surface area contributed by atoms with Crippen molar-refractivity contribution in [3.63, 3.8) is 0 Å². The lowest BCUT2D eigenvalue weighted by molar-refractivity contribution is 0.866. The molecule has 0 saturated carbocycles. The van der Waals surface area contributed by atoms with Gasteiger partial charge in [0.25, 0.3) is 0 Å². The van der Waals surface area contributed by atoms with Crippen molar-refractivity contribution >= 4 is 11.1 Å². The third kappa shape index (κ3) is 4.17. The minimum atomic E-state index is 0.585. The summed E-state index contributed by atoms with van der Waals surface area (Å²) < 4.78 is 0. The summed E-state index contributed by atoms with van der Waals surface area (Å²) in [6.45, 7) is 13.5. The maximum atomic E-state index is 2.30. The average Bonchev–Trinajstić information content (AvgIpc) is 2.59. The van der Waals surface area contributed by atoms with Crippen LogP contribution in [0.25, 0.3) is 11.1 Å². The topological polar surface area (TPSA) is 0 Å². The summed E-state index contributed by atoms with van der Waals surface area (Å²) in [4.78, 5) is 0. The van der Waals surface area contributed by atoms with E-state index in [9.17, 15) is 0 Å². The Morgan fingerprint density at radius 3 is 1.08 bits per heavy atom. The average molecular weight is 321 g/mol. The molecule has 0 aliphatic rings. The summed E-state index contributed by atoms with van der Waals surface area (Å²) in [5.74, 6) is 1.17. The van der Waals surface area contributed by atoms with E-state index in [4.69, 9.17) is 0 Å². The van der Waals surface area contributed by atoms with Crippen LogP contribution in [0.1, 0.15) is 88.5 Å². The predicted molar refractivity (Wildman–Crippen MR) is 108 cm³/mol. The Morgan fingerprint density at radius 1 is 0.583 bits per heavy atom. The van der Waals surface area contributed by atoms with Crippen molar-refractivity contribution in [2.45, 2.75) is 66.2 Å². The van der Waals surface area contributed by atoms with Crippen molar-refractivity contribution in [3.8, 4) is 0 Å². The molecule has 0 bridgehead atoms. The van der Waals surface area contributed by atoms with Gasteiger partial charge in [-0.25, -0.2) is 0 Å². The first-order valence-corrected chi connectivity index (χ1v) is 9.40. The van der Waals surface area contributed by atoms with Crippen molar-refractivity contribution in [2.75, 3.05) is 0 Å². The molecule has 0 saturated heterocycles. The van der Waals surface area contributed by atoms with Crippen LogP contribution in [-0.2, 0) is 0 Å². The molecule has 0 atom stereocenters. The molecule has 0 nitrogen and oxygen atoms in total. The van der Waals surface area contributed by atoms with Crippen molar-refractivity contribution in [1.82, 2.24) is 0 Å². The van der Waals surface area contributed by atoms with Crippen LogP contribution in [-0.4, -0.2) is 0 Å². The van der Waals surface area contributed by atoms with Gasteiger partial charge in [-0.05, 0) is 58.1 Å². The smallest absolute Gasteiger partial charge is 0.0219 e. The van der Waals surface area contributed by atoms with Gasteiger partial charge in [0.1, 0.15) is 0 Å². The SMILES string of the molecule is CCC(=C(CC)c1ccc(C(C)C)cc1)c1ccc(C(C)C)cc1. The molecule has 2 rings (SSSR count). The minimum Gasteiger partial charge on any atom is -0.0613 e. The lowest BCUT2D eigenvalue weighted by Gasteiger charge is -2.16. The fraction of sp³-hybridized carbons (Fsp3) is 0.417. The van der Waals surface area contributed by atoms with Crippen molar-refractivity contribution < 1.29 is 0 Å². The molecule has 2 aromatic rings. The first-order valence-electron chi connectivity index (χ1n) is 9.40. The van der Waals surface area contributed by atoms with Crippen LogP contribution in [0.15, 0.2) is 48.5 Å². The molecule has 0 unspecified atom stereocenters. The Morgan fingerprint density at radius 2 is 0.875 bits per heavy atom. The van der Waals surface area contributed by atoms with E-state index in [-0.39, 0.29) is 0 Å². The van der Waals surface area contributed by atoms with Crippen LogP contribution in [0.2, 0.25) is 0 Å². The summed E-state index contributed by atoms with van der Waals surface area (Å²) >= 11 is 0. The number of rotatable bonds is 6. The molecular weight excluding hydrogens is 288 g/mol. The Bertz CT molecular complexity index is 605. The molecule has 128 valence electrons. The van der Waals surface area contributed by atoms with Crippen molar-refractivity contribution in [2.24, 2.45) is 0 Å². The first-order chi connectivity index (χ1) is 11.5. The molecule has 0 heteroatoms. The maximum absolute atomic E-state index is 2.30. The Kier molecular flexibility index (Phi) is 6.43. The van der Waals surface area contributed by atoms with Crippen molar-refractivity contribution in [3.05, 3.63) is 70.8 Å². The van der Waals surface area contributed by atoms with Crippen LogP contribution in [0.5, 0.6) is 0 Å². The summed E-state index contributed by atoms with van der Waals surface area (Å²) in [5.41, 5.74) is 8.51. The van der Waals surface area contributed by atoms with Gasteiger partial charge in [0.05, 0.1) is 0 Å². The normalized spacial score (nSPS) is 12.7. The third-order valence-electron chi connectivity index (χ3n) is 4.92. The van der Waals surface area contributed by atoms with E-state index in [2.05, 4.69) is 90.1 Å². The van der Waals surface area contributed by atoms with Gasteiger partial charge in [0.15, 0.2) is 0 Å². The highest BCUT2D eigenvalue weighted by Gasteiger charge is 2.10. The van der Waals surface area contributed by atoms with Crippen LogP contribution < -0.4 is 0 Å². The molecule has 24 heavy (non-hydrogen) atoms. The van der Waals surface area contributed by atoms with Gasteiger partial charge in [-0.15, -0.1) is 0 Å². The Labute approximate surface area is 148 Å². The standard InChI is InChI=1S/C24H32/c1-7-23(21-13-9-19(10-14-21)17(3)4)24(8-2)22-15-11-20(12-16-22)18(5)6/h9-18H,7-8H2,1-6H3. The van der Waals surface area contributed by atoms with Crippen LogP contribution in [0.4, 0.5) is 0 Å². The number of benzene rings is 2. The highest BCUT2D eigenvalue weighted by atomic mass is 14.1. The van der Waals surface area contributed by atoms with E-state index in [1.165, 1.54) is 33.4 Å². The van der Waals surface area contributed by atoms with E-state index >= 15 is 0 Å². The van der Waals surface area contributed by atoms with Crippen LogP contribution >= 0.6 is 0 Å². The molecule has 0 N–H and O–H groups in total. The summed E-state index contributed by atoms with van der Waals surface area (Å²) in [7, 11) is 0. The van der Waals surface area contributed by atoms with E-state index in [1.807, 2.05) is 0 Å². The van der Waals surface area contributed by atoms with Gasteiger partial charge in [0.2, 0.25) is 0 Å². The zero-order chi connectivity index (χ0) is 17.7. The quantitative estimate of drug-likeness (QED) is 0.479. The summed E-state index contributed by atoms with van der Waals surface area (Å²) in [6.07, 6.45) is 2.13. The highest BCUT2D eigenvalue weighted by molar-refractivity contribution is 5.90. The Hall–Kier alpha value is -1.82. The van der Waals surface area contributed by atoms with Gasteiger partial charge in [-0.3, -0.25) is 0 Å². The molecule has 0 aliphatic carbocycles. The van der Waals surface area contributed by atoms with Gasteiger partial charge >= 0.3 is 0 Å². The molecule has 0 heterocycles. The molecule has 0 spiro atoms. The fourth-order valence-corrected chi connectivity index (χ4v) is 3.32. The number of hydrogen-bond donors (Lipinski definition) is 0. The number of hydrogen-bond acceptors (Lipinski definition) is 0. The molecule has 0 fully saturated rings. The Balaban J connectivity index is 2.45. The monoisotopic (exact) mass is 320 g/mol. The molecule has 0 radical (unpaired) electrons. The minimum absolute atomic E-state index is 0.585. The second-order valence-corrected chi connectivity index (χ2v) is 7.22.